The number of rotatable bonds is 1. The third-order valence-electron chi connectivity index (χ3n) is 3.09. The zero-order chi connectivity index (χ0) is 15.5. The highest BCUT2D eigenvalue weighted by Gasteiger charge is 2.27. The fraction of sp³-hybridized carbons (Fsp3) is 0.714. The molecule has 5 N–H and O–H groups in total. The third kappa shape index (κ3) is 3.50. The molecule has 1 unspecified atom stereocenters. The second kappa shape index (κ2) is 6.26. The fourth-order valence-electron chi connectivity index (χ4n) is 1.99. The zero-order valence-electron chi connectivity index (χ0n) is 13.1. The van der Waals surface area contributed by atoms with E-state index >= 15 is 0 Å². The number of β-amino-alcohol motifs (C(OH)–C–C–N with tert-alkyl or cyclic N) is 1. The Labute approximate surface area is 121 Å². The van der Waals surface area contributed by atoms with Crippen molar-refractivity contribution in [3.8, 4) is 0 Å². The largest absolute Gasteiger partial charge is 0.393 e. The second-order valence-electron chi connectivity index (χ2n) is 5.81. The highest BCUT2D eigenvalue weighted by molar-refractivity contribution is 5.74. The highest BCUT2D eigenvalue weighted by atomic mass is 16.3. The fourth-order valence-corrected chi connectivity index (χ4v) is 1.99. The molecule has 1 atom stereocenters. The second-order valence-corrected chi connectivity index (χ2v) is 5.81. The first-order valence-corrected chi connectivity index (χ1v) is 7.15. The first kappa shape index (κ1) is 16.5. The lowest BCUT2D eigenvalue weighted by Gasteiger charge is -2.23. The Morgan fingerprint density at radius 1 is 1.20 bits per heavy atom. The first-order chi connectivity index (χ1) is 9.29. The quantitative estimate of drug-likeness (QED) is 0.721. The van der Waals surface area contributed by atoms with Crippen LogP contribution in [0.3, 0.4) is 0 Å². The molecular formula is C14H27N5O. The van der Waals surface area contributed by atoms with Gasteiger partial charge < -0.3 is 21.5 Å². The summed E-state index contributed by atoms with van der Waals surface area (Å²) in [5.41, 5.74) is 12.0. The summed E-state index contributed by atoms with van der Waals surface area (Å²) in [6, 6.07) is 0. The Balaban J connectivity index is 0.000000956. The van der Waals surface area contributed by atoms with Gasteiger partial charge in [0.1, 0.15) is 11.5 Å². The van der Waals surface area contributed by atoms with E-state index in [9.17, 15) is 5.11 Å². The van der Waals surface area contributed by atoms with Crippen molar-refractivity contribution in [3.05, 3.63) is 5.82 Å². The average molecular weight is 281 g/mol. The summed E-state index contributed by atoms with van der Waals surface area (Å²) in [5, 5.41) is 9.59. The standard InChI is InChI=1S/C12H21N5O.C2H6/c1-12(2,3)11-15-9(14)8(13)10(16-11)17-5-4-7(18)6-17;1-2/h7,18H,4-6,13H2,1-3H3,(H2,14,15,16);1-2H3. The lowest BCUT2D eigenvalue weighted by Crippen LogP contribution is -2.27. The van der Waals surface area contributed by atoms with E-state index in [2.05, 4.69) is 9.97 Å². The predicted octanol–water partition coefficient (Wildman–Crippen LogP) is 1.54. The van der Waals surface area contributed by atoms with E-state index in [0.29, 0.717) is 29.7 Å². The molecule has 114 valence electrons. The monoisotopic (exact) mass is 281 g/mol. The van der Waals surface area contributed by atoms with Gasteiger partial charge in [0, 0.05) is 18.5 Å². The van der Waals surface area contributed by atoms with Gasteiger partial charge in [-0.15, -0.1) is 0 Å². The molecule has 1 aliphatic heterocycles. The Morgan fingerprint density at radius 2 is 1.80 bits per heavy atom. The van der Waals surface area contributed by atoms with E-state index in [0.717, 1.165) is 13.0 Å². The number of nitrogens with zero attached hydrogens (tertiary/aromatic N) is 3. The average Bonchev–Trinajstić information content (AvgIpc) is 2.80. The lowest BCUT2D eigenvalue weighted by molar-refractivity contribution is 0.198. The molecule has 0 aromatic carbocycles. The van der Waals surface area contributed by atoms with Crippen LogP contribution in [-0.4, -0.2) is 34.3 Å². The van der Waals surface area contributed by atoms with Crippen LogP contribution in [0, 0.1) is 0 Å². The highest BCUT2D eigenvalue weighted by Crippen LogP contribution is 2.31. The Hall–Kier alpha value is -1.56. The summed E-state index contributed by atoms with van der Waals surface area (Å²) in [7, 11) is 0. The summed E-state index contributed by atoms with van der Waals surface area (Å²) in [6.07, 6.45) is 0.410. The van der Waals surface area contributed by atoms with Gasteiger partial charge in [0.25, 0.3) is 0 Å². The van der Waals surface area contributed by atoms with Gasteiger partial charge >= 0.3 is 0 Å². The maximum atomic E-state index is 9.59. The summed E-state index contributed by atoms with van der Waals surface area (Å²) in [5.74, 6) is 1.63. The number of aliphatic hydroxyl groups is 1. The molecule has 1 aliphatic rings. The van der Waals surface area contributed by atoms with Crippen molar-refractivity contribution in [2.45, 2.75) is 52.6 Å². The van der Waals surface area contributed by atoms with E-state index in [4.69, 9.17) is 11.5 Å². The molecule has 1 aromatic rings. The van der Waals surface area contributed by atoms with Crippen molar-refractivity contribution < 1.29 is 5.11 Å². The van der Waals surface area contributed by atoms with Crippen LogP contribution in [-0.2, 0) is 5.41 Å². The van der Waals surface area contributed by atoms with Crippen molar-refractivity contribution in [3.63, 3.8) is 0 Å². The number of hydrogen-bond donors (Lipinski definition) is 3. The maximum absolute atomic E-state index is 9.59. The van der Waals surface area contributed by atoms with Crippen LogP contribution in [0.4, 0.5) is 17.3 Å². The van der Waals surface area contributed by atoms with Gasteiger partial charge in [-0.3, -0.25) is 0 Å². The molecule has 1 saturated heterocycles. The number of aromatic nitrogens is 2. The number of aliphatic hydroxyl groups excluding tert-OH is 1. The van der Waals surface area contributed by atoms with Crippen LogP contribution >= 0.6 is 0 Å². The van der Waals surface area contributed by atoms with Gasteiger partial charge in [-0.25, -0.2) is 9.97 Å². The minimum atomic E-state index is -0.321. The molecule has 1 fully saturated rings. The van der Waals surface area contributed by atoms with Crippen LogP contribution in [0.5, 0.6) is 0 Å². The van der Waals surface area contributed by atoms with Gasteiger partial charge in [-0.2, -0.15) is 0 Å². The first-order valence-electron chi connectivity index (χ1n) is 7.15. The molecule has 0 radical (unpaired) electrons. The van der Waals surface area contributed by atoms with Crippen molar-refractivity contribution in [1.29, 1.82) is 0 Å². The van der Waals surface area contributed by atoms with E-state index in [1.54, 1.807) is 0 Å². The smallest absolute Gasteiger partial charge is 0.157 e. The molecule has 0 bridgehead atoms. The molecule has 1 aromatic heterocycles. The van der Waals surface area contributed by atoms with Crippen LogP contribution in [0.15, 0.2) is 0 Å². The van der Waals surface area contributed by atoms with E-state index in [1.165, 1.54) is 0 Å². The van der Waals surface area contributed by atoms with E-state index < -0.39 is 0 Å². The van der Waals surface area contributed by atoms with Gasteiger partial charge in [-0.05, 0) is 6.42 Å². The summed E-state index contributed by atoms with van der Waals surface area (Å²) in [4.78, 5) is 10.7. The normalized spacial score (nSPS) is 18.7. The molecule has 20 heavy (non-hydrogen) atoms. The number of hydrogen-bond acceptors (Lipinski definition) is 6. The van der Waals surface area contributed by atoms with Crippen molar-refractivity contribution in [1.82, 2.24) is 9.97 Å². The van der Waals surface area contributed by atoms with Crippen LogP contribution < -0.4 is 16.4 Å². The molecule has 6 heteroatoms. The Bertz CT molecular complexity index is 456. The van der Waals surface area contributed by atoms with Crippen LogP contribution in [0.25, 0.3) is 0 Å². The van der Waals surface area contributed by atoms with Gasteiger partial charge in [0.05, 0.1) is 6.10 Å². The minimum absolute atomic E-state index is 0.186. The molecule has 2 heterocycles. The Kier molecular flexibility index (Phi) is 5.16. The van der Waals surface area contributed by atoms with Crippen LogP contribution in [0.1, 0.15) is 46.9 Å². The zero-order valence-corrected chi connectivity index (χ0v) is 13.1. The molecule has 0 spiro atoms. The number of anilines is 3. The van der Waals surface area contributed by atoms with E-state index in [-0.39, 0.29) is 11.5 Å². The number of nitrogens with two attached hydrogens (primary N) is 2. The third-order valence-corrected chi connectivity index (χ3v) is 3.09. The molecule has 6 nitrogen and oxygen atoms in total. The summed E-state index contributed by atoms with van der Waals surface area (Å²) >= 11 is 0. The summed E-state index contributed by atoms with van der Waals surface area (Å²) in [6.45, 7) is 11.4. The van der Waals surface area contributed by atoms with Crippen molar-refractivity contribution in [2.75, 3.05) is 29.5 Å². The molecule has 0 aliphatic carbocycles. The Morgan fingerprint density at radius 3 is 2.25 bits per heavy atom. The SMILES string of the molecule is CC.CC(C)(C)c1nc(N)c(N)c(N2CCC(O)C2)n1. The maximum Gasteiger partial charge on any atom is 0.157 e. The number of nitrogen functional groups attached to an aromatic ring is 2. The molecule has 0 saturated carbocycles. The molecule has 2 rings (SSSR count). The minimum Gasteiger partial charge on any atom is -0.393 e. The lowest BCUT2D eigenvalue weighted by atomic mass is 9.95. The topological polar surface area (TPSA) is 101 Å². The van der Waals surface area contributed by atoms with Gasteiger partial charge in [0.2, 0.25) is 0 Å². The van der Waals surface area contributed by atoms with Gasteiger partial charge in [0.15, 0.2) is 11.6 Å². The predicted molar refractivity (Wildman–Crippen MR) is 83.7 cm³/mol. The molecule has 0 amide bonds. The van der Waals surface area contributed by atoms with Crippen molar-refractivity contribution in [2.24, 2.45) is 0 Å². The van der Waals surface area contributed by atoms with Crippen molar-refractivity contribution >= 4 is 17.3 Å². The van der Waals surface area contributed by atoms with E-state index in [1.807, 2.05) is 39.5 Å². The summed E-state index contributed by atoms with van der Waals surface area (Å²) < 4.78 is 0. The van der Waals surface area contributed by atoms with Crippen LogP contribution in [0.2, 0.25) is 0 Å². The molecular weight excluding hydrogens is 254 g/mol. The van der Waals surface area contributed by atoms with Gasteiger partial charge in [-0.1, -0.05) is 34.6 Å².